The second kappa shape index (κ2) is 6.47. The Morgan fingerprint density at radius 1 is 1.15 bits per heavy atom. The van der Waals surface area contributed by atoms with Gasteiger partial charge in [-0.3, -0.25) is 4.79 Å². The first-order valence-electron chi connectivity index (χ1n) is 5.68. The average Bonchev–Trinajstić information content (AvgIpc) is 2.37. The van der Waals surface area contributed by atoms with Crippen molar-refractivity contribution in [3.05, 3.63) is 58.6 Å². The number of carbonyl (C=O) groups is 1. The van der Waals surface area contributed by atoms with Gasteiger partial charge in [-0.05, 0) is 52.3 Å². The topological polar surface area (TPSA) is 38.3 Å². The molecular weight excluding hydrogens is 332 g/mol. The molecule has 0 aliphatic rings. The molecular formula is C14H10BrF2NO2. The number of nitrogens with one attached hydrogen (secondary N) is 1. The average molecular weight is 342 g/mol. The van der Waals surface area contributed by atoms with Gasteiger partial charge < -0.3 is 10.1 Å². The number of benzene rings is 2. The van der Waals surface area contributed by atoms with Crippen LogP contribution in [0.25, 0.3) is 0 Å². The minimum Gasteiger partial charge on any atom is -0.483 e. The summed E-state index contributed by atoms with van der Waals surface area (Å²) in [6.45, 7) is -0.263. The molecule has 0 aliphatic heterocycles. The Labute approximate surface area is 122 Å². The maximum Gasteiger partial charge on any atom is 0.262 e. The lowest BCUT2D eigenvalue weighted by atomic mass is 10.3. The Morgan fingerprint density at radius 2 is 1.90 bits per heavy atom. The zero-order chi connectivity index (χ0) is 14.5. The van der Waals surface area contributed by atoms with Crippen molar-refractivity contribution in [2.45, 2.75) is 0 Å². The molecule has 2 rings (SSSR count). The van der Waals surface area contributed by atoms with E-state index in [4.69, 9.17) is 4.74 Å². The van der Waals surface area contributed by atoms with E-state index in [-0.39, 0.29) is 6.61 Å². The summed E-state index contributed by atoms with van der Waals surface area (Å²) in [5.74, 6) is -0.939. The van der Waals surface area contributed by atoms with Gasteiger partial charge in [0.2, 0.25) is 0 Å². The summed E-state index contributed by atoms with van der Waals surface area (Å²) in [6.07, 6.45) is 0. The maximum absolute atomic E-state index is 12.9. The highest BCUT2D eigenvalue weighted by molar-refractivity contribution is 9.10. The number of amides is 1. The Kier molecular flexibility index (Phi) is 4.68. The quantitative estimate of drug-likeness (QED) is 0.919. The lowest BCUT2D eigenvalue weighted by molar-refractivity contribution is -0.118. The third-order valence-corrected chi connectivity index (χ3v) is 2.98. The SMILES string of the molecule is O=C(COc1ccc(F)cc1Br)Nc1cccc(F)c1. The predicted octanol–water partition coefficient (Wildman–Crippen LogP) is 3.74. The van der Waals surface area contributed by atoms with Gasteiger partial charge >= 0.3 is 0 Å². The number of hydrogen-bond donors (Lipinski definition) is 1. The van der Waals surface area contributed by atoms with Crippen molar-refractivity contribution in [2.75, 3.05) is 11.9 Å². The molecule has 2 aromatic carbocycles. The molecule has 0 saturated carbocycles. The van der Waals surface area contributed by atoms with E-state index in [0.717, 1.165) is 0 Å². The third-order valence-electron chi connectivity index (χ3n) is 2.36. The van der Waals surface area contributed by atoms with E-state index < -0.39 is 17.5 Å². The molecule has 2 aromatic rings. The van der Waals surface area contributed by atoms with E-state index in [9.17, 15) is 13.6 Å². The summed E-state index contributed by atoms with van der Waals surface area (Å²) in [5, 5.41) is 2.49. The fourth-order valence-electron chi connectivity index (χ4n) is 1.50. The molecule has 0 fully saturated rings. The molecule has 3 nitrogen and oxygen atoms in total. The molecule has 0 heterocycles. The molecule has 1 amide bonds. The zero-order valence-corrected chi connectivity index (χ0v) is 11.8. The van der Waals surface area contributed by atoms with Crippen LogP contribution in [0, 0.1) is 11.6 Å². The summed E-state index contributed by atoms with van der Waals surface area (Å²) in [5.41, 5.74) is 0.344. The highest BCUT2D eigenvalue weighted by Crippen LogP contribution is 2.25. The first-order chi connectivity index (χ1) is 9.54. The molecule has 1 N–H and O–H groups in total. The van der Waals surface area contributed by atoms with Crippen LogP contribution in [0.15, 0.2) is 46.9 Å². The van der Waals surface area contributed by atoms with Gasteiger partial charge in [0, 0.05) is 5.69 Å². The van der Waals surface area contributed by atoms with Crippen molar-refractivity contribution in [3.8, 4) is 5.75 Å². The van der Waals surface area contributed by atoms with E-state index in [1.165, 1.54) is 36.4 Å². The lowest BCUT2D eigenvalue weighted by Gasteiger charge is -2.09. The summed E-state index contributed by atoms with van der Waals surface area (Å²) >= 11 is 3.13. The van der Waals surface area contributed by atoms with Gasteiger partial charge in [-0.15, -0.1) is 0 Å². The number of rotatable bonds is 4. The van der Waals surface area contributed by atoms with E-state index in [0.29, 0.717) is 15.9 Å². The van der Waals surface area contributed by atoms with Crippen molar-refractivity contribution in [3.63, 3.8) is 0 Å². The van der Waals surface area contributed by atoms with E-state index in [1.54, 1.807) is 6.07 Å². The van der Waals surface area contributed by atoms with Gasteiger partial charge in [0.05, 0.1) is 4.47 Å². The number of carbonyl (C=O) groups excluding carboxylic acids is 1. The molecule has 0 bridgehead atoms. The highest BCUT2D eigenvalue weighted by atomic mass is 79.9. The summed E-state index contributed by atoms with van der Waals surface area (Å²) in [7, 11) is 0. The number of anilines is 1. The molecule has 0 saturated heterocycles. The molecule has 6 heteroatoms. The van der Waals surface area contributed by atoms with Gasteiger partial charge in [0.15, 0.2) is 6.61 Å². The van der Waals surface area contributed by atoms with E-state index in [1.807, 2.05) is 0 Å². The molecule has 0 unspecified atom stereocenters. The number of hydrogen-bond acceptors (Lipinski definition) is 2. The normalized spacial score (nSPS) is 10.2. The van der Waals surface area contributed by atoms with Crippen LogP contribution in [0.4, 0.5) is 14.5 Å². The van der Waals surface area contributed by atoms with Crippen molar-refractivity contribution in [1.82, 2.24) is 0 Å². The monoisotopic (exact) mass is 341 g/mol. The fraction of sp³-hybridized carbons (Fsp3) is 0.0714. The highest BCUT2D eigenvalue weighted by Gasteiger charge is 2.07. The lowest BCUT2D eigenvalue weighted by Crippen LogP contribution is -2.20. The second-order valence-electron chi connectivity index (χ2n) is 3.92. The van der Waals surface area contributed by atoms with Crippen molar-refractivity contribution < 1.29 is 18.3 Å². The first kappa shape index (κ1) is 14.5. The van der Waals surface area contributed by atoms with Gasteiger partial charge in [0.1, 0.15) is 17.4 Å². The van der Waals surface area contributed by atoms with Crippen LogP contribution in [0.3, 0.4) is 0 Å². The van der Waals surface area contributed by atoms with Crippen molar-refractivity contribution in [2.24, 2.45) is 0 Å². The van der Waals surface area contributed by atoms with Crippen molar-refractivity contribution >= 4 is 27.5 Å². The van der Waals surface area contributed by atoms with E-state index >= 15 is 0 Å². The van der Waals surface area contributed by atoms with Crippen LogP contribution < -0.4 is 10.1 Å². The third kappa shape index (κ3) is 4.03. The fourth-order valence-corrected chi connectivity index (χ4v) is 1.96. The van der Waals surface area contributed by atoms with Crippen molar-refractivity contribution in [1.29, 1.82) is 0 Å². The van der Waals surface area contributed by atoms with Crippen LogP contribution in [0.5, 0.6) is 5.75 Å². The molecule has 0 aliphatic carbocycles. The molecule has 0 aromatic heterocycles. The summed E-state index contributed by atoms with van der Waals surface area (Å²) in [6, 6.07) is 9.41. The van der Waals surface area contributed by atoms with E-state index in [2.05, 4.69) is 21.2 Å². The predicted molar refractivity (Wildman–Crippen MR) is 74.6 cm³/mol. The van der Waals surface area contributed by atoms with Crippen LogP contribution in [-0.2, 0) is 4.79 Å². The molecule has 0 atom stereocenters. The largest absolute Gasteiger partial charge is 0.483 e. The Bertz CT molecular complexity index is 634. The number of halogens is 3. The Balaban J connectivity index is 1.92. The smallest absolute Gasteiger partial charge is 0.262 e. The standard InChI is InChI=1S/C14H10BrF2NO2/c15-12-7-10(17)4-5-13(12)20-8-14(19)18-11-3-1-2-9(16)6-11/h1-7H,8H2,(H,18,19). The zero-order valence-electron chi connectivity index (χ0n) is 10.2. The van der Waals surface area contributed by atoms with Gasteiger partial charge in [-0.2, -0.15) is 0 Å². The molecule has 20 heavy (non-hydrogen) atoms. The Morgan fingerprint density at radius 3 is 2.60 bits per heavy atom. The molecule has 0 radical (unpaired) electrons. The summed E-state index contributed by atoms with van der Waals surface area (Å²) < 4.78 is 31.5. The van der Waals surface area contributed by atoms with Gasteiger partial charge in [-0.25, -0.2) is 8.78 Å². The van der Waals surface area contributed by atoms with Gasteiger partial charge in [-0.1, -0.05) is 6.07 Å². The van der Waals surface area contributed by atoms with Crippen LogP contribution in [0.2, 0.25) is 0 Å². The van der Waals surface area contributed by atoms with Crippen LogP contribution >= 0.6 is 15.9 Å². The van der Waals surface area contributed by atoms with Gasteiger partial charge in [0.25, 0.3) is 5.91 Å². The minimum absolute atomic E-state index is 0.263. The number of ether oxygens (including phenoxy) is 1. The minimum atomic E-state index is -0.440. The molecule has 104 valence electrons. The maximum atomic E-state index is 12.9. The van der Waals surface area contributed by atoms with Crippen LogP contribution in [0.1, 0.15) is 0 Å². The van der Waals surface area contributed by atoms with Crippen LogP contribution in [-0.4, -0.2) is 12.5 Å². The summed E-state index contributed by atoms with van der Waals surface area (Å²) in [4.78, 5) is 11.6. The second-order valence-corrected chi connectivity index (χ2v) is 4.78. The first-order valence-corrected chi connectivity index (χ1v) is 6.47. The Hall–Kier alpha value is -1.95. The molecule has 0 spiro atoms.